The van der Waals surface area contributed by atoms with Crippen molar-refractivity contribution in [1.82, 2.24) is 19.1 Å². The summed E-state index contributed by atoms with van der Waals surface area (Å²) >= 11 is 0. The molecular formula is C58H42N4. The van der Waals surface area contributed by atoms with Gasteiger partial charge in [-0.2, -0.15) is 0 Å². The summed E-state index contributed by atoms with van der Waals surface area (Å²) in [4.78, 5) is 9.22. The molecule has 2 aliphatic carbocycles. The molecule has 0 bridgehead atoms. The topological polar surface area (TPSA) is 35.6 Å². The van der Waals surface area contributed by atoms with Crippen LogP contribution in [0.5, 0.6) is 0 Å². The Bertz CT molecular complexity index is 3660. The fourth-order valence-corrected chi connectivity index (χ4v) is 10.9. The lowest BCUT2D eigenvalue weighted by atomic mass is 9.72. The Labute approximate surface area is 360 Å². The van der Waals surface area contributed by atoms with Gasteiger partial charge in [-0.3, -0.25) is 9.97 Å². The van der Waals surface area contributed by atoms with Crippen molar-refractivity contribution in [2.75, 3.05) is 0 Å². The second-order valence-electron chi connectivity index (χ2n) is 17.5. The van der Waals surface area contributed by atoms with E-state index in [0.29, 0.717) is 11.8 Å². The third-order valence-corrected chi connectivity index (χ3v) is 14.2. The SMILES string of the molecule is CC1c2cc3c4c(n(-c5cccnc5)c3cc2-c2cc3c(cc2C1C)c1cc(-c2ccc5ccccc5c2)ccc1n3-c1cccnc1)CCC(c1ccc2ccccc2c1)=C4. The van der Waals surface area contributed by atoms with Gasteiger partial charge in [0.1, 0.15) is 0 Å². The fraction of sp³-hybridized carbons (Fsp3) is 0.103. The quantitative estimate of drug-likeness (QED) is 0.178. The first-order valence-electron chi connectivity index (χ1n) is 21.9. The molecule has 11 aromatic rings. The lowest BCUT2D eigenvalue weighted by Gasteiger charge is -2.32. The maximum Gasteiger partial charge on any atom is 0.0645 e. The summed E-state index contributed by atoms with van der Waals surface area (Å²) in [5, 5.41) is 8.92. The van der Waals surface area contributed by atoms with E-state index < -0.39 is 0 Å². The van der Waals surface area contributed by atoms with Crippen molar-refractivity contribution >= 4 is 65.9 Å². The van der Waals surface area contributed by atoms with Crippen LogP contribution in [0.25, 0.3) is 99.5 Å². The van der Waals surface area contributed by atoms with E-state index in [1.54, 1.807) is 0 Å². The Hall–Kier alpha value is -7.56. The van der Waals surface area contributed by atoms with Gasteiger partial charge in [0.15, 0.2) is 0 Å². The van der Waals surface area contributed by atoms with Crippen LogP contribution in [-0.2, 0) is 6.42 Å². The highest BCUT2D eigenvalue weighted by atomic mass is 15.0. The molecule has 4 heterocycles. The molecule has 0 N–H and O–H groups in total. The molecule has 0 radical (unpaired) electrons. The van der Waals surface area contributed by atoms with Gasteiger partial charge in [0, 0.05) is 39.8 Å². The van der Waals surface area contributed by atoms with Gasteiger partial charge >= 0.3 is 0 Å². The molecule has 2 aliphatic rings. The summed E-state index contributed by atoms with van der Waals surface area (Å²) in [5.74, 6) is 0.642. The molecule has 2 unspecified atom stereocenters. The van der Waals surface area contributed by atoms with Crippen molar-refractivity contribution in [3.8, 4) is 33.6 Å². The van der Waals surface area contributed by atoms with Gasteiger partial charge in [-0.15, -0.1) is 0 Å². The van der Waals surface area contributed by atoms with Crippen LogP contribution in [0.15, 0.2) is 176 Å². The van der Waals surface area contributed by atoms with Gasteiger partial charge in [-0.1, -0.05) is 92.7 Å². The summed E-state index contributed by atoms with van der Waals surface area (Å²) in [7, 11) is 0. The molecule has 13 rings (SSSR count). The average molecular weight is 795 g/mol. The van der Waals surface area contributed by atoms with Gasteiger partial charge in [-0.25, -0.2) is 0 Å². The summed E-state index contributed by atoms with van der Waals surface area (Å²) in [6.45, 7) is 4.86. The highest BCUT2D eigenvalue weighted by Crippen LogP contribution is 2.52. The number of hydrogen-bond donors (Lipinski definition) is 0. The van der Waals surface area contributed by atoms with Gasteiger partial charge in [0.2, 0.25) is 0 Å². The molecule has 0 amide bonds. The largest absolute Gasteiger partial charge is 0.311 e. The fourth-order valence-electron chi connectivity index (χ4n) is 10.9. The number of hydrogen-bond acceptors (Lipinski definition) is 2. The summed E-state index contributed by atoms with van der Waals surface area (Å²) < 4.78 is 4.91. The zero-order chi connectivity index (χ0) is 41.1. The van der Waals surface area contributed by atoms with Crippen LogP contribution in [0.4, 0.5) is 0 Å². The Morgan fingerprint density at radius 3 is 1.66 bits per heavy atom. The Morgan fingerprint density at radius 2 is 1.00 bits per heavy atom. The molecule has 0 fully saturated rings. The van der Waals surface area contributed by atoms with Crippen molar-refractivity contribution in [2.45, 2.75) is 38.5 Å². The molecule has 294 valence electrons. The van der Waals surface area contributed by atoms with Crippen LogP contribution in [0, 0.1) is 0 Å². The number of allylic oxidation sites excluding steroid dienone is 1. The maximum atomic E-state index is 4.62. The van der Waals surface area contributed by atoms with E-state index in [1.165, 1.54) is 110 Å². The Kier molecular flexibility index (Phi) is 7.65. The highest BCUT2D eigenvalue weighted by Gasteiger charge is 2.32. The lowest BCUT2D eigenvalue weighted by Crippen LogP contribution is -2.13. The number of rotatable bonds is 4. The molecular weight excluding hydrogens is 753 g/mol. The van der Waals surface area contributed by atoms with Crippen LogP contribution in [0.1, 0.15) is 60.1 Å². The third kappa shape index (κ3) is 5.26. The minimum atomic E-state index is 0.319. The molecule has 2 atom stereocenters. The zero-order valence-electron chi connectivity index (χ0n) is 34.7. The van der Waals surface area contributed by atoms with Crippen molar-refractivity contribution in [1.29, 1.82) is 0 Å². The first kappa shape index (κ1) is 35.2. The summed E-state index contributed by atoms with van der Waals surface area (Å²) in [6, 6.07) is 56.6. The Balaban J connectivity index is 1.04. The van der Waals surface area contributed by atoms with Crippen molar-refractivity contribution in [3.63, 3.8) is 0 Å². The molecule has 0 aliphatic heterocycles. The van der Waals surface area contributed by atoms with E-state index in [2.05, 4.69) is 185 Å². The summed E-state index contributed by atoms with van der Waals surface area (Å²) in [6.07, 6.45) is 12.2. The van der Waals surface area contributed by atoms with Gasteiger partial charge in [0.25, 0.3) is 0 Å². The molecule has 0 spiro atoms. The monoisotopic (exact) mass is 794 g/mol. The molecule has 0 saturated carbocycles. The van der Waals surface area contributed by atoms with Crippen LogP contribution in [-0.4, -0.2) is 19.1 Å². The van der Waals surface area contributed by atoms with Crippen molar-refractivity contribution in [3.05, 3.63) is 204 Å². The van der Waals surface area contributed by atoms with Crippen LogP contribution in [0.2, 0.25) is 0 Å². The van der Waals surface area contributed by atoms with Crippen LogP contribution >= 0.6 is 0 Å². The zero-order valence-corrected chi connectivity index (χ0v) is 34.7. The molecule has 4 nitrogen and oxygen atoms in total. The first-order valence-corrected chi connectivity index (χ1v) is 21.9. The normalized spacial score (nSPS) is 15.9. The minimum Gasteiger partial charge on any atom is -0.311 e. The number of benzene rings is 7. The van der Waals surface area contributed by atoms with Gasteiger partial charge in [-0.05, 0) is 170 Å². The van der Waals surface area contributed by atoms with E-state index in [9.17, 15) is 0 Å². The van der Waals surface area contributed by atoms with Gasteiger partial charge < -0.3 is 9.13 Å². The number of pyridine rings is 2. The number of aromatic nitrogens is 4. The summed E-state index contributed by atoms with van der Waals surface area (Å²) in [5.41, 5.74) is 19.1. The van der Waals surface area contributed by atoms with E-state index >= 15 is 0 Å². The van der Waals surface area contributed by atoms with Crippen LogP contribution in [0.3, 0.4) is 0 Å². The van der Waals surface area contributed by atoms with Crippen LogP contribution < -0.4 is 0 Å². The van der Waals surface area contributed by atoms with E-state index in [4.69, 9.17) is 0 Å². The number of nitrogens with zero attached hydrogens (tertiary/aromatic N) is 4. The molecule has 0 saturated heterocycles. The first-order chi connectivity index (χ1) is 30.6. The number of fused-ring (bicyclic) bond motifs is 11. The average Bonchev–Trinajstić information content (AvgIpc) is 3.83. The minimum absolute atomic E-state index is 0.319. The second kappa shape index (κ2) is 13.5. The van der Waals surface area contributed by atoms with E-state index in [1.807, 2.05) is 30.9 Å². The van der Waals surface area contributed by atoms with Gasteiger partial charge in [0.05, 0.1) is 40.3 Å². The predicted molar refractivity (Wildman–Crippen MR) is 259 cm³/mol. The third-order valence-electron chi connectivity index (χ3n) is 14.2. The van der Waals surface area contributed by atoms with Crippen molar-refractivity contribution in [2.24, 2.45) is 0 Å². The van der Waals surface area contributed by atoms with E-state index in [0.717, 1.165) is 24.2 Å². The molecule has 4 aromatic heterocycles. The maximum absolute atomic E-state index is 4.62. The molecule has 4 heteroatoms. The molecule has 7 aromatic carbocycles. The lowest BCUT2D eigenvalue weighted by molar-refractivity contribution is 0.617. The Morgan fingerprint density at radius 1 is 0.452 bits per heavy atom. The van der Waals surface area contributed by atoms with Crippen molar-refractivity contribution < 1.29 is 0 Å². The second-order valence-corrected chi connectivity index (χ2v) is 17.5. The highest BCUT2D eigenvalue weighted by molar-refractivity contribution is 6.13. The predicted octanol–water partition coefficient (Wildman–Crippen LogP) is 14.9. The molecule has 62 heavy (non-hydrogen) atoms. The van der Waals surface area contributed by atoms with E-state index in [-0.39, 0.29) is 0 Å². The standard InChI is InChI=1S/C58H42N4/c1-35-36(2)48-30-54-52-28-44(42-18-16-38-10-4-6-12-40(38)26-42)20-22-56(52)62(46-14-8-24-60-34-46)58(54)32-50(48)49-31-57-53(29-47(35)49)51-27-43(41-17-15-37-9-3-5-11-39(37)25-41)19-21-55(51)61(57)45-13-7-23-59-33-45/h3-19,21,23-36H,20,22H2,1-2H3. The smallest absolute Gasteiger partial charge is 0.0645 e.